The Morgan fingerprint density at radius 3 is 2.36 bits per heavy atom. The normalized spacial score (nSPS) is 15.5. The van der Waals surface area contributed by atoms with Crippen molar-refractivity contribution in [1.82, 2.24) is 5.32 Å². The Bertz CT molecular complexity index is 173. The number of primary amides is 1. The van der Waals surface area contributed by atoms with Gasteiger partial charge in [-0.05, 0) is 6.92 Å². The van der Waals surface area contributed by atoms with Crippen LogP contribution in [-0.4, -0.2) is 50.2 Å². The molecule has 0 bridgehead atoms. The van der Waals surface area contributed by atoms with Crippen molar-refractivity contribution in [1.29, 1.82) is 0 Å². The molecule has 14 heavy (non-hydrogen) atoms. The highest BCUT2D eigenvalue weighted by Crippen LogP contribution is 1.98. The van der Waals surface area contributed by atoms with Crippen LogP contribution in [0.5, 0.6) is 0 Å². The van der Waals surface area contributed by atoms with Gasteiger partial charge in [-0.15, -0.1) is 0 Å². The number of carbonyl (C=O) groups excluding carboxylic acids is 1. The van der Waals surface area contributed by atoms with Crippen LogP contribution in [0, 0.1) is 0 Å². The Morgan fingerprint density at radius 1 is 1.50 bits per heavy atom. The molecule has 0 aliphatic rings. The maximum absolute atomic E-state index is 10.5. The van der Waals surface area contributed by atoms with Crippen LogP contribution in [0.25, 0.3) is 0 Å². The summed E-state index contributed by atoms with van der Waals surface area (Å²) in [5.41, 5.74) is 4.87. The molecule has 0 radical (unpaired) electrons. The monoisotopic (exact) mass is 206 g/mol. The van der Waals surface area contributed by atoms with E-state index in [0.29, 0.717) is 0 Å². The first kappa shape index (κ1) is 13.3. The number of hydrogen-bond donors (Lipinski definition) is 3. The van der Waals surface area contributed by atoms with Crippen molar-refractivity contribution in [3.05, 3.63) is 0 Å². The molecule has 0 aromatic heterocycles. The number of rotatable bonds is 7. The highest BCUT2D eigenvalue weighted by atomic mass is 16.7. The molecule has 0 aliphatic heterocycles. The molecule has 2 unspecified atom stereocenters. The Labute approximate surface area is 83.4 Å². The molecule has 84 valence electrons. The molecular formula is C8H18N2O4. The predicted octanol–water partition coefficient (Wildman–Crippen LogP) is -1.57. The Morgan fingerprint density at radius 2 is 2.00 bits per heavy atom. The summed E-state index contributed by atoms with van der Waals surface area (Å²) in [4.78, 5) is 10.5. The lowest BCUT2D eigenvalue weighted by Gasteiger charge is -2.22. The largest absolute Gasteiger partial charge is 0.382 e. The summed E-state index contributed by atoms with van der Waals surface area (Å²) in [6.45, 7) is 1.89. The fraction of sp³-hybridized carbons (Fsp3) is 0.875. The van der Waals surface area contributed by atoms with Crippen molar-refractivity contribution in [3.63, 3.8) is 0 Å². The molecule has 0 aromatic rings. The second kappa shape index (κ2) is 6.72. The molecule has 6 heteroatoms. The van der Waals surface area contributed by atoms with Crippen LogP contribution in [0.15, 0.2) is 0 Å². The van der Waals surface area contributed by atoms with Crippen LogP contribution < -0.4 is 11.1 Å². The molecule has 1 amide bonds. The zero-order valence-corrected chi connectivity index (χ0v) is 8.69. The second-order valence-corrected chi connectivity index (χ2v) is 2.95. The van der Waals surface area contributed by atoms with Crippen LogP contribution in [-0.2, 0) is 14.3 Å². The molecule has 0 spiro atoms. The lowest BCUT2D eigenvalue weighted by molar-refractivity contribution is -0.129. The number of ether oxygens (including phenoxy) is 2. The van der Waals surface area contributed by atoms with Crippen LogP contribution in [0.4, 0.5) is 0 Å². The van der Waals surface area contributed by atoms with E-state index in [4.69, 9.17) is 20.3 Å². The van der Waals surface area contributed by atoms with Crippen molar-refractivity contribution >= 4 is 5.91 Å². The van der Waals surface area contributed by atoms with E-state index in [1.165, 1.54) is 14.2 Å². The average molecular weight is 206 g/mol. The van der Waals surface area contributed by atoms with Crippen molar-refractivity contribution in [2.45, 2.75) is 25.4 Å². The van der Waals surface area contributed by atoms with Gasteiger partial charge in [0, 0.05) is 20.8 Å². The van der Waals surface area contributed by atoms with Crippen LogP contribution in [0.1, 0.15) is 6.92 Å². The molecule has 0 aliphatic carbocycles. The number of nitrogens with two attached hydrogens (primary N) is 1. The first-order valence-corrected chi connectivity index (χ1v) is 4.29. The van der Waals surface area contributed by atoms with Gasteiger partial charge < -0.3 is 25.6 Å². The minimum Gasteiger partial charge on any atom is -0.382 e. The Kier molecular flexibility index (Phi) is 6.39. The summed E-state index contributed by atoms with van der Waals surface area (Å²) < 4.78 is 9.94. The standard InChI is InChI=1S/C8H18N2O4/c1-5(8(13-2)14-3)10-4-6(11)7(9)12/h5-6,8,10-11H,4H2,1-3H3,(H2,9,12). The van der Waals surface area contributed by atoms with E-state index in [9.17, 15) is 4.79 Å². The van der Waals surface area contributed by atoms with E-state index in [-0.39, 0.29) is 12.6 Å². The molecule has 6 nitrogen and oxygen atoms in total. The molecule has 0 saturated heterocycles. The molecule has 0 aromatic carbocycles. The number of aliphatic hydroxyl groups excluding tert-OH is 1. The third-order valence-corrected chi connectivity index (χ3v) is 1.83. The Balaban J connectivity index is 3.82. The highest BCUT2D eigenvalue weighted by Gasteiger charge is 2.18. The van der Waals surface area contributed by atoms with Gasteiger partial charge in [-0.2, -0.15) is 0 Å². The Hall–Kier alpha value is -0.690. The SMILES string of the molecule is COC(OC)C(C)NCC(O)C(N)=O. The van der Waals surface area contributed by atoms with E-state index in [2.05, 4.69) is 5.32 Å². The van der Waals surface area contributed by atoms with Gasteiger partial charge in [0.05, 0.1) is 6.04 Å². The summed E-state index contributed by atoms with van der Waals surface area (Å²) in [7, 11) is 3.02. The lowest BCUT2D eigenvalue weighted by Crippen LogP contribution is -2.46. The van der Waals surface area contributed by atoms with Gasteiger partial charge in [0.25, 0.3) is 0 Å². The number of carbonyl (C=O) groups is 1. The zero-order valence-electron chi connectivity index (χ0n) is 8.69. The van der Waals surface area contributed by atoms with Crippen LogP contribution in [0.3, 0.4) is 0 Å². The maximum Gasteiger partial charge on any atom is 0.247 e. The fourth-order valence-electron chi connectivity index (χ4n) is 0.999. The van der Waals surface area contributed by atoms with Crippen LogP contribution in [0.2, 0.25) is 0 Å². The van der Waals surface area contributed by atoms with Gasteiger partial charge in [-0.25, -0.2) is 0 Å². The first-order chi connectivity index (χ1) is 6.52. The van der Waals surface area contributed by atoms with Crippen LogP contribution >= 0.6 is 0 Å². The van der Waals surface area contributed by atoms with Gasteiger partial charge in [0.15, 0.2) is 6.29 Å². The van der Waals surface area contributed by atoms with Gasteiger partial charge in [-0.3, -0.25) is 4.79 Å². The highest BCUT2D eigenvalue weighted by molar-refractivity contribution is 5.78. The smallest absolute Gasteiger partial charge is 0.247 e. The van der Waals surface area contributed by atoms with E-state index in [1.807, 2.05) is 6.92 Å². The molecular weight excluding hydrogens is 188 g/mol. The number of methoxy groups -OCH3 is 2. The van der Waals surface area contributed by atoms with Gasteiger partial charge in [0.2, 0.25) is 5.91 Å². The van der Waals surface area contributed by atoms with Crippen molar-refractivity contribution in [3.8, 4) is 0 Å². The van der Waals surface area contributed by atoms with Gasteiger partial charge in [-0.1, -0.05) is 0 Å². The van der Waals surface area contributed by atoms with E-state index >= 15 is 0 Å². The van der Waals surface area contributed by atoms with Gasteiger partial charge in [0.1, 0.15) is 6.10 Å². The minimum atomic E-state index is -1.19. The molecule has 0 rings (SSSR count). The molecule has 4 N–H and O–H groups in total. The fourth-order valence-corrected chi connectivity index (χ4v) is 0.999. The van der Waals surface area contributed by atoms with E-state index in [0.717, 1.165) is 0 Å². The summed E-state index contributed by atoms with van der Waals surface area (Å²) in [5.74, 6) is -0.754. The first-order valence-electron chi connectivity index (χ1n) is 4.29. The average Bonchev–Trinajstić information content (AvgIpc) is 2.15. The molecule has 2 atom stereocenters. The second-order valence-electron chi connectivity index (χ2n) is 2.95. The summed E-state index contributed by atoms with van der Waals surface area (Å²) >= 11 is 0. The van der Waals surface area contributed by atoms with Gasteiger partial charge >= 0.3 is 0 Å². The molecule has 0 saturated carbocycles. The zero-order chi connectivity index (χ0) is 11.1. The predicted molar refractivity (Wildman–Crippen MR) is 50.5 cm³/mol. The summed E-state index contributed by atoms with van der Waals surface area (Å²) in [6, 6.07) is -0.140. The number of nitrogens with one attached hydrogen (secondary N) is 1. The van der Waals surface area contributed by atoms with Crippen molar-refractivity contribution in [2.75, 3.05) is 20.8 Å². The topological polar surface area (TPSA) is 93.8 Å². The lowest BCUT2D eigenvalue weighted by atomic mass is 10.3. The number of amides is 1. The number of aliphatic hydroxyl groups is 1. The molecule has 0 fully saturated rings. The third-order valence-electron chi connectivity index (χ3n) is 1.83. The summed E-state index contributed by atoms with van der Waals surface area (Å²) in [6.07, 6.45) is -1.61. The van der Waals surface area contributed by atoms with Crippen molar-refractivity contribution < 1.29 is 19.4 Å². The van der Waals surface area contributed by atoms with Crippen molar-refractivity contribution in [2.24, 2.45) is 5.73 Å². The van der Waals surface area contributed by atoms with E-state index in [1.54, 1.807) is 0 Å². The molecule has 0 heterocycles. The maximum atomic E-state index is 10.5. The summed E-state index contributed by atoms with van der Waals surface area (Å²) in [5, 5.41) is 11.9. The minimum absolute atomic E-state index is 0.0831. The van der Waals surface area contributed by atoms with E-state index < -0.39 is 18.3 Å². The number of hydrogen-bond acceptors (Lipinski definition) is 5. The third kappa shape index (κ3) is 4.52. The quantitative estimate of drug-likeness (QED) is 0.437.